The number of rotatable bonds is 6. The fourth-order valence-electron chi connectivity index (χ4n) is 5.11. The summed E-state index contributed by atoms with van der Waals surface area (Å²) >= 11 is 0. The normalized spacial score (nSPS) is 18.6. The minimum atomic E-state index is 0.397. The molecule has 1 atom stereocenters. The zero-order chi connectivity index (χ0) is 28.7. The highest BCUT2D eigenvalue weighted by atomic mass is 15.2. The van der Waals surface area contributed by atoms with Crippen LogP contribution < -0.4 is 0 Å². The first kappa shape index (κ1) is 30.5. The molecule has 0 saturated carbocycles. The Bertz CT molecular complexity index is 1460. The van der Waals surface area contributed by atoms with Crippen LogP contribution in [0.5, 0.6) is 0 Å². The number of nitrogens with zero attached hydrogens (tertiary/aromatic N) is 1. The molecule has 1 aliphatic rings. The molecule has 3 aromatic carbocycles. The molecule has 1 N–H and O–H groups in total. The molecule has 2 nitrogen and oxygen atoms in total. The van der Waals surface area contributed by atoms with Crippen LogP contribution in [0.3, 0.4) is 0 Å². The van der Waals surface area contributed by atoms with Gasteiger partial charge >= 0.3 is 0 Å². The zero-order valence-electron chi connectivity index (χ0n) is 25.0. The van der Waals surface area contributed by atoms with Crippen LogP contribution in [0, 0.1) is 0 Å². The average molecular weight is 531 g/mol. The van der Waals surface area contributed by atoms with Crippen LogP contribution in [-0.2, 0) is 6.54 Å². The number of H-pyrrole nitrogens is 1. The molecule has 2 heterocycles. The summed E-state index contributed by atoms with van der Waals surface area (Å²) < 4.78 is 0. The Morgan fingerprint density at radius 2 is 1.65 bits per heavy atom. The lowest BCUT2D eigenvalue weighted by Crippen LogP contribution is -2.31. The molecule has 40 heavy (non-hydrogen) atoms. The second kappa shape index (κ2) is 16.2. The number of allylic oxidation sites excluding steroid dienone is 7. The molecule has 208 valence electrons. The van der Waals surface area contributed by atoms with Crippen LogP contribution in [0.2, 0.25) is 0 Å². The van der Waals surface area contributed by atoms with Gasteiger partial charge in [-0.15, -0.1) is 0 Å². The van der Waals surface area contributed by atoms with Gasteiger partial charge in [-0.25, -0.2) is 0 Å². The highest BCUT2D eigenvalue weighted by Crippen LogP contribution is 2.27. The molecule has 1 aromatic heterocycles. The van der Waals surface area contributed by atoms with Crippen LogP contribution in [0.1, 0.15) is 65.0 Å². The molecule has 0 amide bonds. The van der Waals surface area contributed by atoms with Gasteiger partial charge in [0, 0.05) is 40.1 Å². The van der Waals surface area contributed by atoms with Crippen molar-refractivity contribution in [3.63, 3.8) is 0 Å². The van der Waals surface area contributed by atoms with Crippen molar-refractivity contribution in [2.24, 2.45) is 0 Å². The summed E-state index contributed by atoms with van der Waals surface area (Å²) in [7, 11) is 0. The lowest BCUT2D eigenvalue weighted by molar-refractivity contribution is 0.286. The zero-order valence-corrected chi connectivity index (χ0v) is 25.0. The number of para-hydroxylation sites is 1. The lowest BCUT2D eigenvalue weighted by Gasteiger charge is -2.33. The molecule has 0 radical (unpaired) electrons. The summed E-state index contributed by atoms with van der Waals surface area (Å²) in [6.07, 6.45) is 18.4. The van der Waals surface area contributed by atoms with E-state index in [2.05, 4.69) is 140 Å². The standard InChI is InChI=1S/C22H29N.C14H11N.C2H6/c1-4-6-16-21-17-12-7-9-13-19(3)23(22(21)5-2)18-20-14-10-8-11-15-20;1-2-10-7-8-14-12(9-10)11-5-3-4-6-13(11)15-14;1-2/h4,6-15,19H,5,16-18H2,1-3H3;2-9,15H,1H2;1-2H3/b6-4-,12-7-,13-9-,22-21-;;. The number of fused-ring (bicyclic) bond motifs is 3. The van der Waals surface area contributed by atoms with Crippen molar-refractivity contribution < 1.29 is 0 Å². The number of benzene rings is 3. The van der Waals surface area contributed by atoms with Crippen LogP contribution in [-0.4, -0.2) is 15.9 Å². The third-order valence-electron chi connectivity index (χ3n) is 7.14. The number of aromatic amines is 1. The molecule has 5 rings (SSSR count). The van der Waals surface area contributed by atoms with Gasteiger partial charge in [0.05, 0.1) is 0 Å². The van der Waals surface area contributed by atoms with E-state index in [1.165, 1.54) is 38.6 Å². The first-order chi connectivity index (χ1) is 19.6. The Morgan fingerprint density at radius 1 is 0.925 bits per heavy atom. The van der Waals surface area contributed by atoms with Crippen molar-refractivity contribution in [3.8, 4) is 0 Å². The van der Waals surface area contributed by atoms with E-state index in [0.29, 0.717) is 6.04 Å². The third-order valence-corrected chi connectivity index (χ3v) is 7.14. The molecule has 4 aromatic rings. The quantitative estimate of drug-likeness (QED) is 0.246. The van der Waals surface area contributed by atoms with Crippen molar-refractivity contribution in [1.29, 1.82) is 0 Å². The molecule has 0 fully saturated rings. The van der Waals surface area contributed by atoms with Crippen molar-refractivity contribution in [2.75, 3.05) is 0 Å². The molecule has 0 spiro atoms. The number of hydrogen-bond acceptors (Lipinski definition) is 1. The monoisotopic (exact) mass is 530 g/mol. The fraction of sp³-hybridized carbons (Fsp3) is 0.263. The fourth-order valence-corrected chi connectivity index (χ4v) is 5.11. The molecule has 0 saturated heterocycles. The van der Waals surface area contributed by atoms with E-state index in [4.69, 9.17) is 0 Å². The second-order valence-corrected chi connectivity index (χ2v) is 9.73. The maximum Gasteiger partial charge on any atom is 0.0465 e. The Morgan fingerprint density at radius 3 is 2.38 bits per heavy atom. The molecule has 1 aliphatic heterocycles. The van der Waals surface area contributed by atoms with Gasteiger partial charge in [0.1, 0.15) is 0 Å². The van der Waals surface area contributed by atoms with Gasteiger partial charge in [-0.3, -0.25) is 0 Å². The highest BCUT2D eigenvalue weighted by Gasteiger charge is 2.18. The maximum absolute atomic E-state index is 3.79. The Hall–Kier alpha value is -4.04. The molecular weight excluding hydrogens is 484 g/mol. The van der Waals surface area contributed by atoms with Gasteiger partial charge < -0.3 is 9.88 Å². The molecule has 2 heteroatoms. The van der Waals surface area contributed by atoms with Crippen molar-refractivity contribution in [1.82, 2.24) is 9.88 Å². The van der Waals surface area contributed by atoms with Crippen LogP contribution >= 0.6 is 0 Å². The van der Waals surface area contributed by atoms with Gasteiger partial charge in [-0.2, -0.15) is 0 Å². The summed E-state index contributed by atoms with van der Waals surface area (Å²) in [6.45, 7) is 15.4. The lowest BCUT2D eigenvalue weighted by atomic mass is 10.0. The van der Waals surface area contributed by atoms with Gasteiger partial charge in [0.25, 0.3) is 0 Å². The second-order valence-electron chi connectivity index (χ2n) is 9.73. The minimum Gasteiger partial charge on any atom is -0.364 e. The minimum absolute atomic E-state index is 0.397. The SMILES string of the molecule is C/C=C\C/C1=C(\CC)N(Cc2ccccc2)C(C)/C=C\C=C/C1.C=Cc1ccc2[nH]c3ccccc3c2c1.CC. The van der Waals surface area contributed by atoms with E-state index in [1.807, 2.05) is 26.0 Å². The van der Waals surface area contributed by atoms with Crippen LogP contribution in [0.15, 0.2) is 127 Å². The van der Waals surface area contributed by atoms with E-state index >= 15 is 0 Å². The Balaban J connectivity index is 0.000000222. The maximum atomic E-state index is 3.79. The number of aromatic nitrogens is 1. The smallest absolute Gasteiger partial charge is 0.0465 e. The summed E-state index contributed by atoms with van der Waals surface area (Å²) in [4.78, 5) is 5.96. The summed E-state index contributed by atoms with van der Waals surface area (Å²) in [5, 5.41) is 2.54. The van der Waals surface area contributed by atoms with E-state index in [0.717, 1.165) is 31.4 Å². The van der Waals surface area contributed by atoms with E-state index in [-0.39, 0.29) is 0 Å². The van der Waals surface area contributed by atoms with Gasteiger partial charge in [0.15, 0.2) is 0 Å². The molecule has 1 unspecified atom stereocenters. The predicted octanol–water partition coefficient (Wildman–Crippen LogP) is 11.0. The van der Waals surface area contributed by atoms with Gasteiger partial charge in [-0.05, 0) is 68.0 Å². The topological polar surface area (TPSA) is 19.0 Å². The number of nitrogens with one attached hydrogen (secondary N) is 1. The highest BCUT2D eigenvalue weighted by molar-refractivity contribution is 6.07. The molecule has 0 aliphatic carbocycles. The molecular formula is C38H46N2. The average Bonchev–Trinajstić information content (AvgIpc) is 3.40. The summed E-state index contributed by atoms with van der Waals surface area (Å²) in [5.74, 6) is 0. The van der Waals surface area contributed by atoms with Crippen molar-refractivity contribution >= 4 is 27.9 Å². The van der Waals surface area contributed by atoms with Crippen LogP contribution in [0.4, 0.5) is 0 Å². The van der Waals surface area contributed by atoms with E-state index in [1.54, 1.807) is 0 Å². The van der Waals surface area contributed by atoms with Gasteiger partial charge in [-0.1, -0.05) is 124 Å². The van der Waals surface area contributed by atoms with Crippen molar-refractivity contribution in [3.05, 3.63) is 138 Å². The van der Waals surface area contributed by atoms with E-state index < -0.39 is 0 Å². The molecule has 0 bridgehead atoms. The third kappa shape index (κ3) is 7.99. The van der Waals surface area contributed by atoms with E-state index in [9.17, 15) is 0 Å². The number of hydrogen-bond donors (Lipinski definition) is 1. The Labute approximate surface area is 242 Å². The van der Waals surface area contributed by atoms with Gasteiger partial charge in [0.2, 0.25) is 0 Å². The van der Waals surface area contributed by atoms with Crippen LogP contribution in [0.25, 0.3) is 27.9 Å². The predicted molar refractivity (Wildman–Crippen MR) is 178 cm³/mol. The first-order valence-electron chi connectivity index (χ1n) is 14.7. The summed E-state index contributed by atoms with van der Waals surface area (Å²) in [5.41, 5.74) is 7.93. The summed E-state index contributed by atoms with van der Waals surface area (Å²) in [6, 6.07) is 25.9. The first-order valence-corrected chi connectivity index (χ1v) is 14.7. The van der Waals surface area contributed by atoms with Crippen molar-refractivity contribution in [2.45, 2.75) is 66.5 Å². The largest absolute Gasteiger partial charge is 0.364 e. The Kier molecular flexibility index (Phi) is 12.3.